The van der Waals surface area contributed by atoms with Crippen LogP contribution in [0.4, 0.5) is 10.1 Å². The van der Waals surface area contributed by atoms with Crippen molar-refractivity contribution in [3.63, 3.8) is 0 Å². The van der Waals surface area contributed by atoms with E-state index in [1.807, 2.05) is 0 Å². The van der Waals surface area contributed by atoms with E-state index in [0.717, 1.165) is 37.6 Å². The highest BCUT2D eigenvalue weighted by Gasteiger charge is 2.30. The predicted octanol–water partition coefficient (Wildman–Crippen LogP) is 3.94. The lowest BCUT2D eigenvalue weighted by Crippen LogP contribution is -2.28. The molecule has 1 fully saturated rings. The first-order valence-corrected chi connectivity index (χ1v) is 7.44. The largest absolute Gasteiger partial charge is 0.478 e. The number of carboxylic acid groups (broad SMARTS) is 1. The molecule has 1 aromatic rings. The molecular weight excluding hydrogens is 269 g/mol. The van der Waals surface area contributed by atoms with Gasteiger partial charge in [-0.2, -0.15) is 0 Å². The number of hydrogen-bond donors (Lipinski definition) is 1. The number of aliphatic carboxylic acids is 1. The molecule has 1 N–H and O–H groups in total. The minimum absolute atomic E-state index is 0.344. The molecule has 0 radical (unpaired) electrons. The van der Waals surface area contributed by atoms with Gasteiger partial charge in [0.2, 0.25) is 0 Å². The normalized spacial score (nSPS) is 14.9. The minimum atomic E-state index is -1.02. The second-order valence-corrected chi connectivity index (χ2v) is 5.98. The highest BCUT2D eigenvalue weighted by Crippen LogP contribution is 2.35. The van der Waals surface area contributed by atoms with Crippen molar-refractivity contribution in [3.05, 3.63) is 35.7 Å². The number of rotatable bonds is 7. The summed E-state index contributed by atoms with van der Waals surface area (Å²) in [4.78, 5) is 13.0. The third-order valence-corrected chi connectivity index (χ3v) is 3.64. The average Bonchev–Trinajstić information content (AvgIpc) is 3.22. The number of halogens is 1. The van der Waals surface area contributed by atoms with Gasteiger partial charge < -0.3 is 10.0 Å². The first-order chi connectivity index (χ1) is 9.97. The Morgan fingerprint density at radius 3 is 2.76 bits per heavy atom. The van der Waals surface area contributed by atoms with Crippen LogP contribution >= 0.6 is 0 Å². The fraction of sp³-hybridized carbons (Fsp3) is 0.471. The van der Waals surface area contributed by atoms with Gasteiger partial charge in [0.15, 0.2) is 0 Å². The Morgan fingerprint density at radius 2 is 2.19 bits per heavy atom. The van der Waals surface area contributed by atoms with Crippen LogP contribution in [-0.2, 0) is 4.79 Å². The standard InChI is InChI=1S/C17H22FNO2/c1-12(2)9-10-19(15-5-6-15)16-7-4-14(18)11-13(16)3-8-17(20)21/h3-4,7-8,11-12,15H,5-6,9-10H2,1-2H3,(H,20,21)/b8-3+. The van der Waals surface area contributed by atoms with Crippen molar-refractivity contribution >= 4 is 17.7 Å². The number of benzene rings is 1. The number of nitrogens with zero attached hydrogens (tertiary/aromatic N) is 1. The summed E-state index contributed by atoms with van der Waals surface area (Å²) in [5.41, 5.74) is 1.56. The molecule has 0 aromatic heterocycles. The molecule has 21 heavy (non-hydrogen) atoms. The van der Waals surface area contributed by atoms with E-state index in [-0.39, 0.29) is 5.82 Å². The second-order valence-electron chi connectivity index (χ2n) is 5.98. The van der Waals surface area contributed by atoms with Crippen molar-refractivity contribution in [2.45, 2.75) is 39.2 Å². The Balaban J connectivity index is 2.28. The summed E-state index contributed by atoms with van der Waals surface area (Å²) in [6.07, 6.45) is 5.91. The van der Waals surface area contributed by atoms with Crippen LogP contribution in [0.3, 0.4) is 0 Å². The van der Waals surface area contributed by atoms with Crippen molar-refractivity contribution in [2.24, 2.45) is 5.92 Å². The van der Waals surface area contributed by atoms with Crippen molar-refractivity contribution < 1.29 is 14.3 Å². The topological polar surface area (TPSA) is 40.5 Å². The maximum absolute atomic E-state index is 13.5. The first-order valence-electron chi connectivity index (χ1n) is 7.44. The maximum Gasteiger partial charge on any atom is 0.328 e. The van der Waals surface area contributed by atoms with Gasteiger partial charge in [-0.05, 0) is 49.5 Å². The SMILES string of the molecule is CC(C)CCN(c1ccc(F)cc1/C=C/C(=O)O)C1CC1. The van der Waals surface area contributed by atoms with E-state index in [9.17, 15) is 9.18 Å². The molecule has 1 aliphatic rings. The van der Waals surface area contributed by atoms with Gasteiger partial charge in [-0.15, -0.1) is 0 Å². The van der Waals surface area contributed by atoms with Gasteiger partial charge in [-0.3, -0.25) is 0 Å². The molecule has 0 aliphatic heterocycles. The van der Waals surface area contributed by atoms with E-state index in [4.69, 9.17) is 5.11 Å². The molecule has 114 valence electrons. The van der Waals surface area contributed by atoms with Gasteiger partial charge in [-0.1, -0.05) is 13.8 Å². The van der Waals surface area contributed by atoms with E-state index >= 15 is 0 Å². The summed E-state index contributed by atoms with van der Waals surface area (Å²) in [5.74, 6) is -0.765. The molecule has 4 heteroatoms. The van der Waals surface area contributed by atoms with Crippen LogP contribution in [0, 0.1) is 11.7 Å². The van der Waals surface area contributed by atoms with Crippen LogP contribution in [-0.4, -0.2) is 23.7 Å². The lowest BCUT2D eigenvalue weighted by Gasteiger charge is -2.27. The van der Waals surface area contributed by atoms with Crippen LogP contribution in [0.5, 0.6) is 0 Å². The summed E-state index contributed by atoms with van der Waals surface area (Å²) >= 11 is 0. The highest BCUT2D eigenvalue weighted by molar-refractivity contribution is 5.87. The molecule has 0 saturated heterocycles. The van der Waals surface area contributed by atoms with Crippen molar-refractivity contribution in [1.82, 2.24) is 0 Å². The number of carbonyl (C=O) groups is 1. The van der Waals surface area contributed by atoms with Crippen molar-refractivity contribution in [1.29, 1.82) is 0 Å². The summed E-state index contributed by atoms with van der Waals surface area (Å²) in [5, 5.41) is 8.78. The van der Waals surface area contributed by atoms with Gasteiger partial charge in [0.05, 0.1) is 0 Å². The van der Waals surface area contributed by atoms with Crippen LogP contribution in [0.15, 0.2) is 24.3 Å². The number of hydrogen-bond acceptors (Lipinski definition) is 2. The Morgan fingerprint density at radius 1 is 1.48 bits per heavy atom. The van der Waals surface area contributed by atoms with Crippen LogP contribution in [0.2, 0.25) is 0 Å². The van der Waals surface area contributed by atoms with Crippen molar-refractivity contribution in [2.75, 3.05) is 11.4 Å². The van der Waals surface area contributed by atoms with E-state index in [0.29, 0.717) is 17.5 Å². The maximum atomic E-state index is 13.5. The monoisotopic (exact) mass is 291 g/mol. The van der Waals surface area contributed by atoms with Gasteiger partial charge in [0.25, 0.3) is 0 Å². The summed E-state index contributed by atoms with van der Waals surface area (Å²) in [6.45, 7) is 5.28. The van der Waals surface area contributed by atoms with Gasteiger partial charge >= 0.3 is 5.97 Å². The Bertz CT molecular complexity index is 536. The molecule has 0 unspecified atom stereocenters. The number of carboxylic acids is 1. The molecule has 1 saturated carbocycles. The van der Waals surface area contributed by atoms with E-state index < -0.39 is 5.97 Å². The van der Waals surface area contributed by atoms with Gasteiger partial charge in [0.1, 0.15) is 5.82 Å². The van der Waals surface area contributed by atoms with E-state index in [2.05, 4.69) is 18.7 Å². The van der Waals surface area contributed by atoms with E-state index in [1.165, 1.54) is 18.2 Å². The highest BCUT2D eigenvalue weighted by atomic mass is 19.1. The lowest BCUT2D eigenvalue weighted by molar-refractivity contribution is -0.131. The zero-order valence-electron chi connectivity index (χ0n) is 12.6. The molecule has 0 heterocycles. The smallest absolute Gasteiger partial charge is 0.328 e. The lowest BCUT2D eigenvalue weighted by atomic mass is 10.1. The molecule has 3 nitrogen and oxygen atoms in total. The third-order valence-electron chi connectivity index (χ3n) is 3.64. The Labute approximate surface area is 125 Å². The molecule has 0 spiro atoms. The van der Waals surface area contributed by atoms with Crippen molar-refractivity contribution in [3.8, 4) is 0 Å². The molecular formula is C17H22FNO2. The van der Waals surface area contributed by atoms with E-state index in [1.54, 1.807) is 6.07 Å². The fourth-order valence-corrected chi connectivity index (χ4v) is 2.36. The van der Waals surface area contributed by atoms with Gasteiger partial charge in [-0.25, -0.2) is 9.18 Å². The second kappa shape index (κ2) is 6.74. The first kappa shape index (κ1) is 15.5. The minimum Gasteiger partial charge on any atom is -0.478 e. The molecule has 1 aromatic carbocycles. The molecule has 2 rings (SSSR count). The zero-order valence-corrected chi connectivity index (χ0v) is 12.6. The van der Waals surface area contributed by atoms with Crippen LogP contribution in [0.1, 0.15) is 38.7 Å². The molecule has 1 aliphatic carbocycles. The predicted molar refractivity (Wildman–Crippen MR) is 82.9 cm³/mol. The van der Waals surface area contributed by atoms with Crippen LogP contribution in [0.25, 0.3) is 6.08 Å². The summed E-state index contributed by atoms with van der Waals surface area (Å²) in [7, 11) is 0. The quantitative estimate of drug-likeness (QED) is 0.774. The summed E-state index contributed by atoms with van der Waals surface area (Å²) < 4.78 is 13.5. The van der Waals surface area contributed by atoms with Crippen LogP contribution < -0.4 is 4.90 Å². The molecule has 0 amide bonds. The Kier molecular flexibility index (Phi) is 4.99. The summed E-state index contributed by atoms with van der Waals surface area (Å²) in [6, 6.07) is 5.11. The zero-order chi connectivity index (χ0) is 15.4. The fourth-order valence-electron chi connectivity index (χ4n) is 2.36. The molecule has 0 bridgehead atoms. The average molecular weight is 291 g/mol. The molecule has 0 atom stereocenters. The third kappa shape index (κ3) is 4.59. The Hall–Kier alpha value is -1.84. The van der Waals surface area contributed by atoms with Gasteiger partial charge in [0, 0.05) is 29.9 Å². The number of anilines is 1.